The Morgan fingerprint density at radius 3 is 2.77 bits per heavy atom. The van der Waals surface area contributed by atoms with E-state index in [0.29, 0.717) is 19.7 Å². The number of benzene rings is 1. The average molecular weight is 361 g/mol. The van der Waals surface area contributed by atoms with Gasteiger partial charge in [0.05, 0.1) is 13.7 Å². The molecule has 0 radical (unpaired) electrons. The number of piperidine rings is 1. The molecule has 0 saturated carbocycles. The summed E-state index contributed by atoms with van der Waals surface area (Å²) in [5.41, 5.74) is 0.00930. The van der Waals surface area contributed by atoms with E-state index < -0.39 is 5.82 Å². The predicted octanol–water partition coefficient (Wildman–Crippen LogP) is 2.70. The van der Waals surface area contributed by atoms with Crippen LogP contribution in [0.5, 0.6) is 5.75 Å². The Hall–Kier alpha value is -2.41. The number of nitrogens with zero attached hydrogens (tertiary/aromatic N) is 3. The maximum Gasteiger partial charge on any atom is 0.260 e. The largest absolute Gasteiger partial charge is 0.496 e. The molecule has 1 aromatic carbocycles. The van der Waals surface area contributed by atoms with Crippen molar-refractivity contribution in [1.82, 2.24) is 14.5 Å². The van der Waals surface area contributed by atoms with Crippen molar-refractivity contribution < 1.29 is 18.7 Å². The maximum absolute atomic E-state index is 14.2. The number of carbonyl (C=O) groups excluding carboxylic acids is 1. The molecule has 0 aliphatic carbocycles. The monoisotopic (exact) mass is 361 g/mol. The second-order valence-corrected chi connectivity index (χ2v) is 6.36. The lowest BCUT2D eigenvalue weighted by Crippen LogP contribution is -2.39. The quantitative estimate of drug-likeness (QED) is 0.794. The highest BCUT2D eigenvalue weighted by molar-refractivity contribution is 5.97. The number of rotatable bonds is 6. The van der Waals surface area contributed by atoms with Crippen LogP contribution in [-0.4, -0.2) is 54.3 Å². The van der Waals surface area contributed by atoms with Crippen LogP contribution in [0.1, 0.15) is 34.9 Å². The van der Waals surface area contributed by atoms with Crippen molar-refractivity contribution >= 4 is 5.91 Å². The second kappa shape index (κ2) is 8.31. The first kappa shape index (κ1) is 18.4. The van der Waals surface area contributed by atoms with Crippen molar-refractivity contribution in [2.75, 3.05) is 33.9 Å². The second-order valence-electron chi connectivity index (χ2n) is 6.36. The molecule has 3 rings (SSSR count). The fraction of sp³-hybridized carbons (Fsp3) is 0.474. The maximum atomic E-state index is 14.2. The molecule has 0 atom stereocenters. The molecule has 7 heteroatoms. The topological polar surface area (TPSA) is 56.6 Å². The summed E-state index contributed by atoms with van der Waals surface area (Å²) in [6.07, 6.45) is 5.35. The van der Waals surface area contributed by atoms with E-state index in [0.717, 1.165) is 25.2 Å². The van der Waals surface area contributed by atoms with Gasteiger partial charge in [0.2, 0.25) is 0 Å². The molecule has 1 saturated heterocycles. The van der Waals surface area contributed by atoms with Crippen molar-refractivity contribution in [2.45, 2.75) is 25.3 Å². The third kappa shape index (κ3) is 3.72. The van der Waals surface area contributed by atoms with E-state index in [-0.39, 0.29) is 23.1 Å². The van der Waals surface area contributed by atoms with Crippen LogP contribution in [0.15, 0.2) is 30.6 Å². The molecule has 6 nitrogen and oxygen atoms in total. The van der Waals surface area contributed by atoms with Gasteiger partial charge in [-0.1, -0.05) is 6.07 Å². The van der Waals surface area contributed by atoms with Gasteiger partial charge in [0.1, 0.15) is 23.0 Å². The lowest BCUT2D eigenvalue weighted by atomic mass is 9.95. The zero-order chi connectivity index (χ0) is 18.5. The van der Waals surface area contributed by atoms with Crippen molar-refractivity contribution in [3.8, 4) is 5.75 Å². The number of carbonyl (C=O) groups is 1. The highest BCUT2D eigenvalue weighted by atomic mass is 19.1. The molecule has 1 aliphatic rings. The normalized spacial score (nSPS) is 15.3. The minimum absolute atomic E-state index is 0.00930. The van der Waals surface area contributed by atoms with Crippen LogP contribution in [0.4, 0.5) is 4.39 Å². The van der Waals surface area contributed by atoms with Crippen molar-refractivity contribution in [2.24, 2.45) is 0 Å². The number of imidazole rings is 1. The standard InChI is InChI=1S/C19H24FN3O3/c1-25-13-12-22-11-8-21-18(22)14-6-9-23(10-7-14)19(24)17-15(20)4-3-5-16(17)26-2/h3-5,8,11,14H,6-7,9-10,12-13H2,1-2H3. The zero-order valence-corrected chi connectivity index (χ0v) is 15.2. The first-order valence-electron chi connectivity index (χ1n) is 8.77. The Kier molecular flexibility index (Phi) is 5.88. The SMILES string of the molecule is COCCn1ccnc1C1CCN(C(=O)c2c(F)cccc2OC)CC1. The highest BCUT2D eigenvalue weighted by Crippen LogP contribution is 2.30. The van der Waals surface area contributed by atoms with Crippen molar-refractivity contribution in [3.63, 3.8) is 0 Å². The fourth-order valence-electron chi connectivity index (χ4n) is 3.44. The van der Waals surface area contributed by atoms with E-state index in [9.17, 15) is 9.18 Å². The summed E-state index contributed by atoms with van der Waals surface area (Å²) in [6, 6.07) is 4.43. The van der Waals surface area contributed by atoms with Gasteiger partial charge < -0.3 is 18.9 Å². The molecule has 0 bridgehead atoms. The molecule has 26 heavy (non-hydrogen) atoms. The van der Waals surface area contributed by atoms with Crippen LogP contribution in [0.2, 0.25) is 0 Å². The number of aromatic nitrogens is 2. The van der Waals surface area contributed by atoms with Gasteiger partial charge in [-0.3, -0.25) is 4.79 Å². The number of halogens is 1. The summed E-state index contributed by atoms with van der Waals surface area (Å²) in [6.45, 7) is 2.53. The van der Waals surface area contributed by atoms with Gasteiger partial charge >= 0.3 is 0 Å². The van der Waals surface area contributed by atoms with Crippen LogP contribution in [0.25, 0.3) is 0 Å². The van der Waals surface area contributed by atoms with E-state index in [2.05, 4.69) is 9.55 Å². The van der Waals surface area contributed by atoms with Crippen LogP contribution in [0.3, 0.4) is 0 Å². The van der Waals surface area contributed by atoms with Gasteiger partial charge in [0.25, 0.3) is 5.91 Å². The molecule has 0 N–H and O–H groups in total. The van der Waals surface area contributed by atoms with E-state index in [4.69, 9.17) is 9.47 Å². The molecule has 2 heterocycles. The summed E-state index contributed by atoms with van der Waals surface area (Å²) < 4.78 is 26.6. The van der Waals surface area contributed by atoms with Gasteiger partial charge in [0.15, 0.2) is 0 Å². The van der Waals surface area contributed by atoms with Crippen LogP contribution in [-0.2, 0) is 11.3 Å². The molecule has 1 amide bonds. The molecule has 0 spiro atoms. The smallest absolute Gasteiger partial charge is 0.260 e. The first-order valence-corrected chi connectivity index (χ1v) is 8.77. The minimum atomic E-state index is -0.549. The molecular weight excluding hydrogens is 337 g/mol. The zero-order valence-electron chi connectivity index (χ0n) is 15.2. The Balaban J connectivity index is 1.68. The van der Waals surface area contributed by atoms with Gasteiger partial charge in [-0.2, -0.15) is 0 Å². The molecule has 1 fully saturated rings. The number of likely N-dealkylation sites (tertiary alicyclic amines) is 1. The molecule has 140 valence electrons. The van der Waals surface area contributed by atoms with E-state index in [1.807, 2.05) is 6.20 Å². The van der Waals surface area contributed by atoms with Gasteiger partial charge in [-0.05, 0) is 25.0 Å². The summed E-state index contributed by atoms with van der Waals surface area (Å²) in [5, 5.41) is 0. The number of amides is 1. The summed E-state index contributed by atoms with van der Waals surface area (Å²) in [5.74, 6) is 0.714. The van der Waals surface area contributed by atoms with Crippen molar-refractivity contribution in [1.29, 1.82) is 0 Å². The summed E-state index contributed by atoms with van der Waals surface area (Å²) in [4.78, 5) is 19.0. The van der Waals surface area contributed by atoms with E-state index in [1.165, 1.54) is 19.2 Å². The minimum Gasteiger partial charge on any atom is -0.496 e. The Morgan fingerprint density at radius 1 is 1.31 bits per heavy atom. The van der Waals surface area contributed by atoms with Crippen LogP contribution >= 0.6 is 0 Å². The molecule has 1 aromatic heterocycles. The van der Waals surface area contributed by atoms with E-state index in [1.54, 1.807) is 24.3 Å². The van der Waals surface area contributed by atoms with Crippen molar-refractivity contribution in [3.05, 3.63) is 47.8 Å². The lowest BCUT2D eigenvalue weighted by Gasteiger charge is -2.32. The van der Waals surface area contributed by atoms with Gasteiger partial charge in [-0.25, -0.2) is 9.37 Å². The van der Waals surface area contributed by atoms with E-state index >= 15 is 0 Å². The fourth-order valence-corrected chi connectivity index (χ4v) is 3.44. The molecule has 2 aromatic rings. The number of methoxy groups -OCH3 is 2. The van der Waals surface area contributed by atoms with Gasteiger partial charge in [-0.15, -0.1) is 0 Å². The molecular formula is C19H24FN3O3. The highest BCUT2D eigenvalue weighted by Gasteiger charge is 2.29. The number of ether oxygens (including phenoxy) is 2. The Morgan fingerprint density at radius 2 is 2.08 bits per heavy atom. The molecule has 1 aliphatic heterocycles. The number of hydrogen-bond donors (Lipinski definition) is 0. The third-order valence-corrected chi connectivity index (χ3v) is 4.84. The Bertz CT molecular complexity index is 754. The van der Waals surface area contributed by atoms with Crippen LogP contribution in [0, 0.1) is 5.82 Å². The Labute approximate surface area is 152 Å². The number of hydrogen-bond acceptors (Lipinski definition) is 4. The average Bonchev–Trinajstić information content (AvgIpc) is 3.14. The predicted molar refractivity (Wildman–Crippen MR) is 94.9 cm³/mol. The van der Waals surface area contributed by atoms with Crippen LogP contribution < -0.4 is 4.74 Å². The van der Waals surface area contributed by atoms with Gasteiger partial charge in [0, 0.05) is 45.1 Å². The lowest BCUT2D eigenvalue weighted by molar-refractivity contribution is 0.0701. The molecule has 0 unspecified atom stereocenters. The summed E-state index contributed by atoms with van der Waals surface area (Å²) >= 11 is 0. The third-order valence-electron chi connectivity index (χ3n) is 4.84. The first-order chi connectivity index (χ1) is 12.7. The summed E-state index contributed by atoms with van der Waals surface area (Å²) in [7, 11) is 3.12.